The summed E-state index contributed by atoms with van der Waals surface area (Å²) in [4.78, 5) is 12.1. The molecule has 0 aromatic heterocycles. The number of carbonyl (C=O) groups is 1. The fourth-order valence-electron chi connectivity index (χ4n) is 5.18. The minimum atomic E-state index is -0.677. The Morgan fingerprint density at radius 1 is 0.857 bits per heavy atom. The molecule has 4 aromatic carbocycles. The average Bonchev–Trinajstić information content (AvgIpc) is 2.73. The molecule has 2 nitrogen and oxygen atoms in total. The molecule has 1 fully saturated rings. The van der Waals surface area contributed by atoms with E-state index in [1.54, 1.807) is 0 Å². The summed E-state index contributed by atoms with van der Waals surface area (Å²) in [6.07, 6.45) is 3.81. The van der Waals surface area contributed by atoms with Crippen LogP contribution in [0.3, 0.4) is 0 Å². The van der Waals surface area contributed by atoms with E-state index in [9.17, 15) is 9.90 Å². The van der Waals surface area contributed by atoms with Crippen LogP contribution < -0.4 is 0 Å². The van der Waals surface area contributed by atoms with Crippen LogP contribution in [-0.2, 0) is 4.79 Å². The van der Waals surface area contributed by atoms with Crippen molar-refractivity contribution in [2.75, 3.05) is 0 Å². The van der Waals surface area contributed by atoms with Gasteiger partial charge in [-0.1, -0.05) is 79.6 Å². The van der Waals surface area contributed by atoms with Crippen LogP contribution >= 0.6 is 0 Å². The molecule has 5 rings (SSSR count). The van der Waals surface area contributed by atoms with E-state index in [1.807, 2.05) is 6.92 Å². The molecule has 4 aromatic rings. The highest BCUT2D eigenvalue weighted by molar-refractivity contribution is 6.17. The smallest absolute Gasteiger partial charge is 0.309 e. The molecule has 1 aliphatic rings. The van der Waals surface area contributed by atoms with Crippen LogP contribution in [0.1, 0.15) is 44.1 Å². The first-order chi connectivity index (χ1) is 13.6. The Labute approximate surface area is 164 Å². The number of aliphatic carboxylic acids is 1. The molecule has 28 heavy (non-hydrogen) atoms. The highest BCUT2D eigenvalue weighted by atomic mass is 16.4. The molecule has 0 bridgehead atoms. The summed E-state index contributed by atoms with van der Waals surface area (Å²) in [7, 11) is 0. The van der Waals surface area contributed by atoms with Crippen molar-refractivity contribution in [1.29, 1.82) is 0 Å². The van der Waals surface area contributed by atoms with Gasteiger partial charge in [0.25, 0.3) is 0 Å². The largest absolute Gasteiger partial charge is 0.481 e. The summed E-state index contributed by atoms with van der Waals surface area (Å²) in [6.45, 7) is 1.93. The first-order valence-corrected chi connectivity index (χ1v) is 10.2. The summed E-state index contributed by atoms with van der Waals surface area (Å²) in [5, 5.41) is 17.4. The van der Waals surface area contributed by atoms with Crippen molar-refractivity contribution in [1.82, 2.24) is 0 Å². The van der Waals surface area contributed by atoms with E-state index in [1.165, 1.54) is 32.3 Å². The summed E-state index contributed by atoms with van der Waals surface area (Å²) in [6, 6.07) is 23.8. The van der Waals surface area contributed by atoms with E-state index in [0.717, 1.165) is 31.2 Å². The quantitative estimate of drug-likeness (QED) is 0.391. The van der Waals surface area contributed by atoms with Gasteiger partial charge in [-0.15, -0.1) is 0 Å². The molecule has 2 heteroatoms. The Morgan fingerprint density at radius 3 is 2.32 bits per heavy atom. The minimum Gasteiger partial charge on any atom is -0.481 e. The lowest BCUT2D eigenvalue weighted by Crippen LogP contribution is -2.37. The SMILES string of the molecule is CC1(C(=O)O)CCCCC1c1ccc2ccc3c4ccccc4ccc3c2c1. The zero-order chi connectivity index (χ0) is 19.3. The van der Waals surface area contributed by atoms with E-state index in [4.69, 9.17) is 0 Å². The van der Waals surface area contributed by atoms with Crippen LogP contribution in [0.25, 0.3) is 32.3 Å². The molecule has 0 heterocycles. The molecule has 1 N–H and O–H groups in total. The Bertz CT molecular complexity index is 1220. The van der Waals surface area contributed by atoms with E-state index >= 15 is 0 Å². The molecular weight excluding hydrogens is 344 g/mol. The van der Waals surface area contributed by atoms with Crippen LogP contribution in [-0.4, -0.2) is 11.1 Å². The fraction of sp³-hybridized carbons (Fsp3) is 0.269. The van der Waals surface area contributed by atoms with E-state index in [0.29, 0.717) is 0 Å². The third-order valence-corrected chi connectivity index (χ3v) is 6.87. The molecule has 2 atom stereocenters. The number of rotatable bonds is 2. The molecule has 0 amide bonds. The predicted octanol–water partition coefficient (Wildman–Crippen LogP) is 6.89. The van der Waals surface area contributed by atoms with Gasteiger partial charge >= 0.3 is 5.97 Å². The van der Waals surface area contributed by atoms with Gasteiger partial charge in [-0.25, -0.2) is 0 Å². The van der Waals surface area contributed by atoms with Crippen LogP contribution in [0, 0.1) is 5.41 Å². The van der Waals surface area contributed by atoms with Crippen molar-refractivity contribution in [3.63, 3.8) is 0 Å². The monoisotopic (exact) mass is 368 g/mol. The van der Waals surface area contributed by atoms with E-state index < -0.39 is 11.4 Å². The van der Waals surface area contributed by atoms with Gasteiger partial charge in [-0.05, 0) is 63.6 Å². The number of carboxylic acids is 1. The second-order valence-corrected chi connectivity index (χ2v) is 8.45. The Balaban J connectivity index is 1.75. The number of hydrogen-bond acceptors (Lipinski definition) is 1. The van der Waals surface area contributed by atoms with Gasteiger partial charge < -0.3 is 5.11 Å². The van der Waals surface area contributed by atoms with Gasteiger partial charge in [0.1, 0.15) is 0 Å². The lowest BCUT2D eigenvalue weighted by Gasteiger charge is -2.38. The molecule has 0 radical (unpaired) electrons. The second kappa shape index (κ2) is 6.34. The van der Waals surface area contributed by atoms with Crippen molar-refractivity contribution in [2.24, 2.45) is 5.41 Å². The summed E-state index contributed by atoms with van der Waals surface area (Å²) in [5.74, 6) is -0.597. The zero-order valence-electron chi connectivity index (χ0n) is 16.1. The van der Waals surface area contributed by atoms with E-state index in [-0.39, 0.29) is 5.92 Å². The van der Waals surface area contributed by atoms with Crippen molar-refractivity contribution in [2.45, 2.75) is 38.5 Å². The van der Waals surface area contributed by atoms with E-state index in [2.05, 4.69) is 66.7 Å². The lowest BCUT2D eigenvalue weighted by atomic mass is 9.65. The Hall–Kier alpha value is -2.87. The molecule has 0 spiro atoms. The molecular formula is C26H24O2. The number of benzene rings is 4. The normalized spacial score (nSPS) is 22.7. The first kappa shape index (κ1) is 17.2. The van der Waals surface area contributed by atoms with Crippen molar-refractivity contribution in [3.05, 3.63) is 72.3 Å². The molecule has 1 aliphatic carbocycles. The van der Waals surface area contributed by atoms with Crippen LogP contribution in [0.4, 0.5) is 0 Å². The molecule has 1 saturated carbocycles. The fourth-order valence-corrected chi connectivity index (χ4v) is 5.18. The third-order valence-electron chi connectivity index (χ3n) is 6.87. The second-order valence-electron chi connectivity index (χ2n) is 8.45. The van der Waals surface area contributed by atoms with Crippen molar-refractivity contribution < 1.29 is 9.90 Å². The standard InChI is InChI=1S/C26H24O2/c1-26(25(27)28)15-5-4-8-24(26)19-10-9-18-12-13-21-20-7-3-2-6-17(20)11-14-22(21)23(18)16-19/h2-3,6-7,9-14,16,24H,4-5,8,15H2,1H3,(H,27,28). The molecule has 2 unspecified atom stereocenters. The Morgan fingerprint density at radius 2 is 1.54 bits per heavy atom. The van der Waals surface area contributed by atoms with Gasteiger partial charge in [0.2, 0.25) is 0 Å². The zero-order valence-corrected chi connectivity index (χ0v) is 16.1. The number of fused-ring (bicyclic) bond motifs is 5. The maximum atomic E-state index is 12.1. The number of hydrogen-bond donors (Lipinski definition) is 1. The lowest BCUT2D eigenvalue weighted by molar-refractivity contribution is -0.151. The minimum absolute atomic E-state index is 0.0684. The maximum absolute atomic E-state index is 12.1. The summed E-state index contributed by atoms with van der Waals surface area (Å²) in [5.41, 5.74) is 0.487. The number of carboxylic acid groups (broad SMARTS) is 1. The molecule has 0 aliphatic heterocycles. The summed E-state index contributed by atoms with van der Waals surface area (Å²) < 4.78 is 0. The third kappa shape index (κ3) is 2.51. The van der Waals surface area contributed by atoms with Gasteiger partial charge in [0.15, 0.2) is 0 Å². The first-order valence-electron chi connectivity index (χ1n) is 10.2. The average molecular weight is 368 g/mol. The van der Waals surface area contributed by atoms with Gasteiger partial charge in [-0.3, -0.25) is 4.79 Å². The predicted molar refractivity (Wildman–Crippen MR) is 116 cm³/mol. The highest BCUT2D eigenvalue weighted by Crippen LogP contribution is 2.48. The molecule has 140 valence electrons. The highest BCUT2D eigenvalue weighted by Gasteiger charge is 2.43. The summed E-state index contributed by atoms with van der Waals surface area (Å²) >= 11 is 0. The van der Waals surface area contributed by atoms with Gasteiger partial charge in [0.05, 0.1) is 5.41 Å². The van der Waals surface area contributed by atoms with Crippen LogP contribution in [0.2, 0.25) is 0 Å². The maximum Gasteiger partial charge on any atom is 0.309 e. The van der Waals surface area contributed by atoms with Crippen LogP contribution in [0.15, 0.2) is 66.7 Å². The topological polar surface area (TPSA) is 37.3 Å². The van der Waals surface area contributed by atoms with Crippen molar-refractivity contribution in [3.8, 4) is 0 Å². The van der Waals surface area contributed by atoms with Gasteiger partial charge in [0, 0.05) is 0 Å². The van der Waals surface area contributed by atoms with Crippen LogP contribution in [0.5, 0.6) is 0 Å². The van der Waals surface area contributed by atoms with Crippen molar-refractivity contribution >= 4 is 38.3 Å². The molecule has 0 saturated heterocycles. The van der Waals surface area contributed by atoms with Gasteiger partial charge in [-0.2, -0.15) is 0 Å². The Kier molecular flexibility index (Phi) is 3.90.